The van der Waals surface area contributed by atoms with Gasteiger partial charge in [0.25, 0.3) is 5.91 Å². The average Bonchev–Trinajstić information content (AvgIpc) is 3.14. The summed E-state index contributed by atoms with van der Waals surface area (Å²) in [6.45, 7) is 2.32. The van der Waals surface area contributed by atoms with Crippen LogP contribution in [0.4, 0.5) is 4.39 Å². The summed E-state index contributed by atoms with van der Waals surface area (Å²) in [5, 5.41) is 0. The highest BCUT2D eigenvalue weighted by Gasteiger charge is 2.60. The first-order chi connectivity index (χ1) is 11.1. The van der Waals surface area contributed by atoms with E-state index in [9.17, 15) is 9.18 Å². The molecular weight excluding hydrogens is 299 g/mol. The number of rotatable bonds is 5. The number of likely N-dealkylation sites (tertiary alicyclic amines) is 1. The van der Waals surface area contributed by atoms with E-state index >= 15 is 0 Å². The molecule has 1 amide bonds. The zero-order chi connectivity index (χ0) is 15.9. The molecule has 4 rings (SSSR count). The quantitative estimate of drug-likeness (QED) is 0.832. The Morgan fingerprint density at radius 2 is 2.26 bits per heavy atom. The van der Waals surface area contributed by atoms with Crippen molar-refractivity contribution in [2.75, 3.05) is 26.3 Å². The highest BCUT2D eigenvalue weighted by atomic mass is 19.1. The maximum absolute atomic E-state index is 13.9. The highest BCUT2D eigenvalue weighted by Crippen LogP contribution is 2.47. The van der Waals surface area contributed by atoms with Gasteiger partial charge < -0.3 is 14.4 Å². The van der Waals surface area contributed by atoms with Crippen molar-refractivity contribution in [1.82, 2.24) is 9.88 Å². The molecule has 1 aromatic heterocycles. The fourth-order valence-corrected chi connectivity index (χ4v) is 3.63. The summed E-state index contributed by atoms with van der Waals surface area (Å²) in [5.74, 6) is 0.631. The summed E-state index contributed by atoms with van der Waals surface area (Å²) in [4.78, 5) is 17.8. The van der Waals surface area contributed by atoms with Crippen molar-refractivity contribution in [2.24, 2.45) is 5.92 Å². The van der Waals surface area contributed by atoms with Crippen LogP contribution in [0.5, 0.6) is 5.88 Å². The Morgan fingerprint density at radius 1 is 1.43 bits per heavy atom. The van der Waals surface area contributed by atoms with Gasteiger partial charge in [-0.25, -0.2) is 9.37 Å². The number of hydrogen-bond donors (Lipinski definition) is 0. The molecule has 1 atom stereocenters. The number of aromatic nitrogens is 1. The first kappa shape index (κ1) is 14.9. The third-order valence-corrected chi connectivity index (χ3v) is 5.23. The predicted molar refractivity (Wildman–Crippen MR) is 80.8 cm³/mol. The first-order valence-corrected chi connectivity index (χ1v) is 8.27. The molecular formula is C17H21FN2O3. The molecule has 23 heavy (non-hydrogen) atoms. The van der Waals surface area contributed by atoms with E-state index in [1.807, 2.05) is 18.2 Å². The number of ether oxygens (including phenoxy) is 2. The van der Waals surface area contributed by atoms with E-state index in [0.717, 1.165) is 12.8 Å². The molecule has 1 saturated carbocycles. The topological polar surface area (TPSA) is 51.7 Å². The molecule has 0 radical (unpaired) electrons. The summed E-state index contributed by atoms with van der Waals surface area (Å²) in [6, 6.07) is 5.58. The van der Waals surface area contributed by atoms with E-state index in [4.69, 9.17) is 9.47 Å². The number of nitrogens with zero attached hydrogens (tertiary/aromatic N) is 2. The normalized spacial score (nSPS) is 26.8. The van der Waals surface area contributed by atoms with Crippen molar-refractivity contribution in [2.45, 2.75) is 37.0 Å². The smallest absolute Gasteiger partial charge is 0.260 e. The molecule has 3 aliphatic rings. The van der Waals surface area contributed by atoms with Crippen LogP contribution < -0.4 is 4.74 Å². The van der Waals surface area contributed by atoms with Crippen LogP contribution in [0.1, 0.15) is 25.7 Å². The Hall–Kier alpha value is -1.69. The maximum atomic E-state index is 13.9. The van der Waals surface area contributed by atoms with Crippen molar-refractivity contribution in [3.8, 4) is 5.88 Å². The molecule has 0 aromatic carbocycles. The van der Waals surface area contributed by atoms with Crippen LogP contribution in [0, 0.1) is 5.92 Å². The summed E-state index contributed by atoms with van der Waals surface area (Å²) >= 11 is 0. The van der Waals surface area contributed by atoms with Crippen molar-refractivity contribution >= 4 is 5.91 Å². The minimum atomic E-state index is -1.57. The SMILES string of the molecule is O=C(N1CC2(C1)OCC[C@H]2CCOc1ccccn1)C1(F)CC1. The van der Waals surface area contributed by atoms with Crippen LogP contribution in [0.15, 0.2) is 24.4 Å². The Balaban J connectivity index is 1.29. The van der Waals surface area contributed by atoms with Gasteiger partial charge in [0, 0.05) is 18.9 Å². The summed E-state index contributed by atoms with van der Waals surface area (Å²) in [5.41, 5.74) is -1.85. The van der Waals surface area contributed by atoms with Gasteiger partial charge in [-0.15, -0.1) is 0 Å². The molecule has 3 heterocycles. The molecule has 2 saturated heterocycles. The number of alkyl halides is 1. The Bertz CT molecular complexity index is 585. The molecule has 2 aliphatic heterocycles. The van der Waals surface area contributed by atoms with Gasteiger partial charge >= 0.3 is 0 Å². The van der Waals surface area contributed by atoms with Crippen molar-refractivity contribution in [3.05, 3.63) is 24.4 Å². The lowest BCUT2D eigenvalue weighted by molar-refractivity contribution is -0.171. The Morgan fingerprint density at radius 3 is 2.96 bits per heavy atom. The van der Waals surface area contributed by atoms with Gasteiger partial charge in [-0.3, -0.25) is 4.79 Å². The molecule has 5 nitrogen and oxygen atoms in total. The first-order valence-electron chi connectivity index (χ1n) is 8.27. The van der Waals surface area contributed by atoms with E-state index in [2.05, 4.69) is 4.98 Å². The Labute approximate surface area is 134 Å². The van der Waals surface area contributed by atoms with Gasteiger partial charge in [0.1, 0.15) is 5.60 Å². The molecule has 1 spiro atoms. The van der Waals surface area contributed by atoms with Crippen LogP contribution in [0.2, 0.25) is 0 Å². The lowest BCUT2D eigenvalue weighted by Gasteiger charge is -2.50. The number of halogens is 1. The fourth-order valence-electron chi connectivity index (χ4n) is 3.63. The summed E-state index contributed by atoms with van der Waals surface area (Å²) in [7, 11) is 0. The standard InChI is InChI=1S/C17H21FN2O3/c18-16(6-7-16)15(21)20-11-17(12-20)13(5-10-23-17)4-9-22-14-3-1-2-8-19-14/h1-3,8,13H,4-7,9-12H2/t13-/m1/s1. The molecule has 0 unspecified atom stereocenters. The highest BCUT2D eigenvalue weighted by molar-refractivity contribution is 5.88. The van der Waals surface area contributed by atoms with Crippen LogP contribution in [0.3, 0.4) is 0 Å². The minimum absolute atomic E-state index is 0.283. The zero-order valence-electron chi connectivity index (χ0n) is 13.0. The van der Waals surface area contributed by atoms with Crippen molar-refractivity contribution in [3.63, 3.8) is 0 Å². The van der Waals surface area contributed by atoms with E-state index in [0.29, 0.717) is 50.9 Å². The van der Waals surface area contributed by atoms with Gasteiger partial charge in [0.15, 0.2) is 5.67 Å². The number of amides is 1. The van der Waals surface area contributed by atoms with Gasteiger partial charge in [0.2, 0.25) is 5.88 Å². The second-order valence-corrected chi connectivity index (χ2v) is 6.83. The average molecular weight is 320 g/mol. The lowest BCUT2D eigenvalue weighted by atomic mass is 9.79. The molecule has 124 valence electrons. The predicted octanol–water partition coefficient (Wildman–Crippen LogP) is 1.97. The number of carbonyl (C=O) groups excluding carboxylic acids is 1. The summed E-state index contributed by atoms with van der Waals surface area (Å²) < 4.78 is 25.4. The van der Waals surface area contributed by atoms with Crippen molar-refractivity contribution in [1.29, 1.82) is 0 Å². The van der Waals surface area contributed by atoms with Crippen LogP contribution >= 0.6 is 0 Å². The monoisotopic (exact) mass is 320 g/mol. The van der Waals surface area contributed by atoms with Gasteiger partial charge in [-0.2, -0.15) is 0 Å². The summed E-state index contributed by atoms with van der Waals surface area (Å²) in [6.07, 6.45) is 4.28. The van der Waals surface area contributed by atoms with E-state index in [-0.39, 0.29) is 11.5 Å². The molecule has 0 N–H and O–H groups in total. The van der Waals surface area contributed by atoms with E-state index in [1.54, 1.807) is 11.1 Å². The second kappa shape index (κ2) is 5.44. The largest absolute Gasteiger partial charge is 0.478 e. The van der Waals surface area contributed by atoms with Crippen molar-refractivity contribution < 1.29 is 18.7 Å². The van der Waals surface area contributed by atoms with E-state index in [1.165, 1.54) is 0 Å². The molecule has 1 aromatic rings. The lowest BCUT2D eigenvalue weighted by Crippen LogP contribution is -2.67. The fraction of sp³-hybridized carbons (Fsp3) is 0.647. The maximum Gasteiger partial charge on any atom is 0.260 e. The van der Waals surface area contributed by atoms with E-state index < -0.39 is 5.67 Å². The Kier molecular flexibility index (Phi) is 3.52. The van der Waals surface area contributed by atoms with Crippen LogP contribution in [0.25, 0.3) is 0 Å². The minimum Gasteiger partial charge on any atom is -0.478 e. The van der Waals surface area contributed by atoms with Crippen LogP contribution in [-0.2, 0) is 9.53 Å². The second-order valence-electron chi connectivity index (χ2n) is 6.83. The number of hydrogen-bond acceptors (Lipinski definition) is 4. The third kappa shape index (κ3) is 2.69. The molecule has 0 bridgehead atoms. The van der Waals surface area contributed by atoms with Gasteiger partial charge in [0.05, 0.1) is 19.7 Å². The zero-order valence-corrected chi connectivity index (χ0v) is 13.0. The molecule has 3 fully saturated rings. The number of pyridine rings is 1. The van der Waals surface area contributed by atoms with Gasteiger partial charge in [-0.05, 0) is 37.7 Å². The molecule has 6 heteroatoms. The molecule has 1 aliphatic carbocycles. The number of carbonyl (C=O) groups is 1. The third-order valence-electron chi connectivity index (χ3n) is 5.23. The van der Waals surface area contributed by atoms with Crippen LogP contribution in [-0.4, -0.2) is 53.4 Å². The van der Waals surface area contributed by atoms with Gasteiger partial charge in [-0.1, -0.05) is 6.07 Å².